The Labute approximate surface area is 135 Å². The molecule has 5 nitrogen and oxygen atoms in total. The molecule has 0 bridgehead atoms. The van der Waals surface area contributed by atoms with E-state index in [0.717, 1.165) is 45.6 Å². The predicted octanol–water partition coefficient (Wildman–Crippen LogP) is 1.32. The van der Waals surface area contributed by atoms with Crippen molar-refractivity contribution in [3.63, 3.8) is 0 Å². The molecule has 2 heterocycles. The van der Waals surface area contributed by atoms with E-state index in [1.807, 2.05) is 18.7 Å². The van der Waals surface area contributed by atoms with Gasteiger partial charge in [-0.25, -0.2) is 0 Å². The normalized spacial score (nSPS) is 31.0. The number of carbonyl (C=O) groups is 1. The SMILES string of the molecule is CC1CN(CC2CCN(C(=O)C(C)C(C)N)CC2)CC(C)O1. The number of hydrogen-bond donors (Lipinski definition) is 1. The number of piperidine rings is 1. The molecule has 0 aliphatic carbocycles. The van der Waals surface area contributed by atoms with E-state index in [1.165, 1.54) is 0 Å². The van der Waals surface area contributed by atoms with Crippen molar-refractivity contribution in [3.05, 3.63) is 0 Å². The highest BCUT2D eigenvalue weighted by atomic mass is 16.5. The van der Waals surface area contributed by atoms with Crippen LogP contribution in [0.15, 0.2) is 0 Å². The van der Waals surface area contributed by atoms with E-state index in [9.17, 15) is 4.79 Å². The van der Waals surface area contributed by atoms with Gasteiger partial charge in [0.15, 0.2) is 0 Å². The Kier molecular flexibility index (Phi) is 6.24. The molecule has 4 unspecified atom stereocenters. The maximum absolute atomic E-state index is 12.3. The molecule has 0 saturated carbocycles. The lowest BCUT2D eigenvalue weighted by atomic mass is 9.94. The summed E-state index contributed by atoms with van der Waals surface area (Å²) in [5.41, 5.74) is 5.85. The molecule has 0 radical (unpaired) electrons. The molecule has 2 aliphatic rings. The topological polar surface area (TPSA) is 58.8 Å². The first kappa shape index (κ1) is 17.7. The second-order valence-electron chi connectivity index (χ2n) is 7.39. The summed E-state index contributed by atoms with van der Waals surface area (Å²) >= 11 is 0. The van der Waals surface area contributed by atoms with Crippen LogP contribution in [0, 0.1) is 11.8 Å². The molecule has 0 aromatic heterocycles. The zero-order chi connectivity index (χ0) is 16.3. The van der Waals surface area contributed by atoms with Gasteiger partial charge in [-0.2, -0.15) is 0 Å². The number of rotatable bonds is 4. The number of nitrogens with zero attached hydrogens (tertiary/aromatic N) is 2. The van der Waals surface area contributed by atoms with Crippen LogP contribution in [-0.4, -0.2) is 66.7 Å². The van der Waals surface area contributed by atoms with E-state index >= 15 is 0 Å². The number of morpholine rings is 1. The van der Waals surface area contributed by atoms with Gasteiger partial charge in [-0.05, 0) is 39.5 Å². The number of likely N-dealkylation sites (tertiary alicyclic amines) is 1. The largest absolute Gasteiger partial charge is 0.373 e. The van der Waals surface area contributed by atoms with Gasteiger partial charge in [-0.3, -0.25) is 9.69 Å². The van der Waals surface area contributed by atoms with Gasteiger partial charge in [0, 0.05) is 38.8 Å². The summed E-state index contributed by atoms with van der Waals surface area (Å²) in [6.45, 7) is 13.1. The minimum absolute atomic E-state index is 0.0680. The van der Waals surface area contributed by atoms with Crippen molar-refractivity contribution in [1.29, 1.82) is 0 Å². The Morgan fingerprint density at radius 3 is 2.23 bits per heavy atom. The number of hydrogen-bond acceptors (Lipinski definition) is 4. The second-order valence-corrected chi connectivity index (χ2v) is 7.39. The molecule has 0 aromatic carbocycles. The van der Waals surface area contributed by atoms with Crippen LogP contribution in [0.1, 0.15) is 40.5 Å². The molecular weight excluding hydrogens is 278 g/mol. The maximum Gasteiger partial charge on any atom is 0.226 e. The highest BCUT2D eigenvalue weighted by molar-refractivity contribution is 5.79. The lowest BCUT2D eigenvalue weighted by Crippen LogP contribution is -2.49. The molecule has 1 amide bonds. The van der Waals surface area contributed by atoms with Gasteiger partial charge in [0.2, 0.25) is 5.91 Å². The number of amides is 1. The highest BCUT2D eigenvalue weighted by Crippen LogP contribution is 2.22. The van der Waals surface area contributed by atoms with Gasteiger partial charge in [-0.1, -0.05) is 6.92 Å². The molecule has 2 rings (SSSR count). The van der Waals surface area contributed by atoms with Gasteiger partial charge in [0.05, 0.1) is 18.1 Å². The van der Waals surface area contributed by atoms with Crippen LogP contribution in [-0.2, 0) is 9.53 Å². The van der Waals surface area contributed by atoms with E-state index < -0.39 is 0 Å². The van der Waals surface area contributed by atoms with E-state index in [4.69, 9.17) is 10.5 Å². The summed E-state index contributed by atoms with van der Waals surface area (Å²) in [6.07, 6.45) is 2.88. The molecule has 2 fully saturated rings. The van der Waals surface area contributed by atoms with E-state index in [2.05, 4.69) is 18.7 Å². The van der Waals surface area contributed by atoms with E-state index in [-0.39, 0.29) is 17.9 Å². The molecule has 128 valence electrons. The molecule has 2 N–H and O–H groups in total. The third kappa shape index (κ3) is 4.67. The fourth-order valence-electron chi connectivity index (χ4n) is 3.65. The molecule has 0 spiro atoms. The Balaban J connectivity index is 1.76. The summed E-state index contributed by atoms with van der Waals surface area (Å²) < 4.78 is 5.80. The average Bonchev–Trinajstić information content (AvgIpc) is 2.45. The molecule has 22 heavy (non-hydrogen) atoms. The van der Waals surface area contributed by atoms with Gasteiger partial charge < -0.3 is 15.4 Å². The molecule has 5 heteroatoms. The maximum atomic E-state index is 12.3. The Bertz CT molecular complexity index is 357. The Morgan fingerprint density at radius 2 is 1.73 bits per heavy atom. The smallest absolute Gasteiger partial charge is 0.226 e. The van der Waals surface area contributed by atoms with Crippen molar-refractivity contribution in [3.8, 4) is 0 Å². The fourth-order valence-corrected chi connectivity index (χ4v) is 3.65. The minimum Gasteiger partial charge on any atom is -0.373 e. The molecule has 2 aliphatic heterocycles. The number of ether oxygens (including phenoxy) is 1. The molecule has 4 atom stereocenters. The van der Waals surface area contributed by atoms with Crippen molar-refractivity contribution in [1.82, 2.24) is 9.80 Å². The van der Waals surface area contributed by atoms with Gasteiger partial charge in [0.25, 0.3) is 0 Å². The average molecular weight is 311 g/mol. The summed E-state index contributed by atoms with van der Waals surface area (Å²) in [5.74, 6) is 0.853. The van der Waals surface area contributed by atoms with Crippen LogP contribution < -0.4 is 5.73 Å². The zero-order valence-corrected chi connectivity index (χ0v) is 14.6. The Morgan fingerprint density at radius 1 is 1.18 bits per heavy atom. The third-order valence-electron chi connectivity index (χ3n) is 5.12. The van der Waals surface area contributed by atoms with Crippen molar-refractivity contribution >= 4 is 5.91 Å². The minimum atomic E-state index is -0.0718. The Hall–Kier alpha value is -0.650. The van der Waals surface area contributed by atoms with Crippen LogP contribution in [0.4, 0.5) is 0 Å². The molecule has 2 saturated heterocycles. The highest BCUT2D eigenvalue weighted by Gasteiger charge is 2.30. The first-order valence-electron chi connectivity index (χ1n) is 8.79. The standard InChI is InChI=1S/C17H33N3O2/c1-12-9-19(10-13(2)22-12)11-16-5-7-20(8-6-16)17(21)14(3)15(4)18/h12-16H,5-11,18H2,1-4H3. The van der Waals surface area contributed by atoms with Crippen molar-refractivity contribution in [2.75, 3.05) is 32.7 Å². The van der Waals surface area contributed by atoms with Crippen molar-refractivity contribution in [2.24, 2.45) is 17.6 Å². The van der Waals surface area contributed by atoms with Crippen molar-refractivity contribution < 1.29 is 9.53 Å². The van der Waals surface area contributed by atoms with Gasteiger partial charge in [-0.15, -0.1) is 0 Å². The van der Waals surface area contributed by atoms with Crippen LogP contribution in [0.5, 0.6) is 0 Å². The predicted molar refractivity (Wildman–Crippen MR) is 88.6 cm³/mol. The third-order valence-corrected chi connectivity index (χ3v) is 5.12. The van der Waals surface area contributed by atoms with Gasteiger partial charge >= 0.3 is 0 Å². The quantitative estimate of drug-likeness (QED) is 0.851. The van der Waals surface area contributed by atoms with Crippen molar-refractivity contribution in [2.45, 2.75) is 58.8 Å². The number of nitrogens with two attached hydrogens (primary N) is 1. The second kappa shape index (κ2) is 7.75. The lowest BCUT2D eigenvalue weighted by molar-refractivity contribution is -0.137. The summed E-state index contributed by atoms with van der Waals surface area (Å²) in [4.78, 5) is 16.9. The molecule has 0 aromatic rings. The number of carbonyl (C=O) groups excluding carboxylic acids is 1. The van der Waals surface area contributed by atoms with Gasteiger partial charge in [0.1, 0.15) is 0 Å². The monoisotopic (exact) mass is 311 g/mol. The van der Waals surface area contributed by atoms with Crippen LogP contribution in [0.3, 0.4) is 0 Å². The lowest BCUT2D eigenvalue weighted by Gasteiger charge is -2.40. The molecular formula is C17H33N3O2. The van der Waals surface area contributed by atoms with Crippen LogP contribution in [0.25, 0.3) is 0 Å². The van der Waals surface area contributed by atoms with E-state index in [1.54, 1.807) is 0 Å². The van der Waals surface area contributed by atoms with Crippen LogP contribution in [0.2, 0.25) is 0 Å². The summed E-state index contributed by atoms with van der Waals surface area (Å²) in [5, 5.41) is 0. The summed E-state index contributed by atoms with van der Waals surface area (Å²) in [7, 11) is 0. The fraction of sp³-hybridized carbons (Fsp3) is 0.941. The first-order valence-corrected chi connectivity index (χ1v) is 8.79. The summed E-state index contributed by atoms with van der Waals surface area (Å²) in [6, 6.07) is -0.0680. The van der Waals surface area contributed by atoms with Crippen LogP contribution >= 0.6 is 0 Å². The zero-order valence-electron chi connectivity index (χ0n) is 14.6. The first-order chi connectivity index (χ1) is 10.4. The van der Waals surface area contributed by atoms with E-state index in [0.29, 0.717) is 18.1 Å².